The molecule has 0 fully saturated rings. The van der Waals surface area contributed by atoms with Crippen molar-refractivity contribution in [2.45, 2.75) is 0 Å². The highest BCUT2D eigenvalue weighted by Gasteiger charge is 2.28. The van der Waals surface area contributed by atoms with Crippen molar-refractivity contribution in [2.24, 2.45) is 4.99 Å². The van der Waals surface area contributed by atoms with Crippen LogP contribution in [0.5, 0.6) is 17.2 Å². The van der Waals surface area contributed by atoms with E-state index in [1.165, 1.54) is 39.5 Å². The molecule has 0 saturated carbocycles. The summed E-state index contributed by atoms with van der Waals surface area (Å²) in [7, 11) is 3.97. The smallest absolute Gasteiger partial charge is 0.363 e. The average molecular weight is 429 g/mol. The fourth-order valence-electron chi connectivity index (χ4n) is 2.80. The highest BCUT2D eigenvalue weighted by Crippen LogP contribution is 2.36. The van der Waals surface area contributed by atoms with Gasteiger partial charge in [0.15, 0.2) is 22.9 Å². The molecule has 1 aliphatic rings. The average Bonchev–Trinajstić information content (AvgIpc) is 3.12. The number of cyclic esters (lactones) is 1. The van der Waals surface area contributed by atoms with Crippen LogP contribution in [0.2, 0.25) is 0 Å². The summed E-state index contributed by atoms with van der Waals surface area (Å²) in [5.41, 5.74) is -0.733. The molecule has 0 amide bonds. The molecule has 0 unspecified atom stereocenters. The van der Waals surface area contributed by atoms with Crippen molar-refractivity contribution in [1.29, 1.82) is 0 Å². The minimum Gasteiger partial charge on any atom is -0.493 e. The molecular weight excluding hydrogens is 414 g/mol. The number of nitro benzene ring substituents is 2. The van der Waals surface area contributed by atoms with Crippen LogP contribution in [0.4, 0.5) is 11.4 Å². The zero-order valence-electron chi connectivity index (χ0n) is 16.5. The highest BCUT2D eigenvalue weighted by atomic mass is 16.6. The van der Waals surface area contributed by atoms with Gasteiger partial charge in [0, 0.05) is 11.6 Å². The minimum atomic E-state index is -0.877. The number of nitrogens with zero attached hydrogens (tertiary/aromatic N) is 3. The van der Waals surface area contributed by atoms with Crippen molar-refractivity contribution in [1.82, 2.24) is 0 Å². The number of hydrogen-bond donors (Lipinski definition) is 0. The van der Waals surface area contributed by atoms with E-state index in [4.69, 9.17) is 18.9 Å². The molecule has 1 aliphatic heterocycles. The summed E-state index contributed by atoms with van der Waals surface area (Å²) >= 11 is 0. The van der Waals surface area contributed by atoms with E-state index in [0.717, 1.165) is 18.2 Å². The minimum absolute atomic E-state index is 0.0235. The van der Waals surface area contributed by atoms with Gasteiger partial charge in [0.05, 0.1) is 42.8 Å². The predicted molar refractivity (Wildman–Crippen MR) is 106 cm³/mol. The van der Waals surface area contributed by atoms with E-state index in [-0.39, 0.29) is 51.3 Å². The molecular formula is C19H15N3O9. The van der Waals surface area contributed by atoms with Gasteiger partial charge in [-0.2, -0.15) is 0 Å². The first kappa shape index (κ1) is 21.2. The number of esters is 1. The predicted octanol–water partition coefficient (Wildman–Crippen LogP) is 2.87. The van der Waals surface area contributed by atoms with Gasteiger partial charge in [-0.3, -0.25) is 20.2 Å². The molecule has 0 bridgehead atoms. The van der Waals surface area contributed by atoms with Crippen LogP contribution in [0.15, 0.2) is 41.0 Å². The number of methoxy groups -OCH3 is 3. The summed E-state index contributed by atoms with van der Waals surface area (Å²) in [6.45, 7) is 0. The van der Waals surface area contributed by atoms with Crippen LogP contribution in [0.1, 0.15) is 11.1 Å². The van der Waals surface area contributed by atoms with Gasteiger partial charge in [-0.25, -0.2) is 9.79 Å². The number of nitro groups is 2. The zero-order valence-corrected chi connectivity index (χ0v) is 16.5. The van der Waals surface area contributed by atoms with Crippen LogP contribution in [0, 0.1) is 20.2 Å². The molecule has 0 saturated heterocycles. The Morgan fingerprint density at radius 3 is 2.10 bits per heavy atom. The molecule has 0 aromatic heterocycles. The Morgan fingerprint density at radius 2 is 1.52 bits per heavy atom. The molecule has 0 radical (unpaired) electrons. The van der Waals surface area contributed by atoms with Gasteiger partial charge in [-0.15, -0.1) is 0 Å². The lowest BCUT2D eigenvalue weighted by Gasteiger charge is -2.08. The van der Waals surface area contributed by atoms with Crippen molar-refractivity contribution in [3.63, 3.8) is 0 Å². The summed E-state index contributed by atoms with van der Waals surface area (Å²) in [6.07, 6.45) is 1.16. The molecule has 2 aromatic carbocycles. The molecule has 1 heterocycles. The first-order valence-electron chi connectivity index (χ1n) is 8.54. The Balaban J connectivity index is 2.07. The number of aliphatic imine (C=N–C) groups is 1. The van der Waals surface area contributed by atoms with Gasteiger partial charge in [0.1, 0.15) is 0 Å². The lowest BCUT2D eigenvalue weighted by atomic mass is 10.1. The van der Waals surface area contributed by atoms with Crippen molar-refractivity contribution >= 4 is 29.3 Å². The zero-order chi connectivity index (χ0) is 22.7. The number of carbonyl (C=O) groups is 1. The quantitative estimate of drug-likeness (QED) is 0.280. The van der Waals surface area contributed by atoms with Gasteiger partial charge in [0.25, 0.3) is 5.69 Å². The number of carbonyl (C=O) groups excluding carboxylic acids is 1. The SMILES string of the molecule is COc1cc(/C=C2/N=C(c3ccc(OC)c([N+](=O)[O-])c3)OC2=O)c([N+](=O)[O-])cc1OC. The second kappa shape index (κ2) is 8.49. The number of rotatable bonds is 7. The third kappa shape index (κ3) is 4.12. The van der Waals surface area contributed by atoms with Crippen molar-refractivity contribution in [3.8, 4) is 17.2 Å². The molecule has 12 heteroatoms. The Bertz CT molecular complexity index is 1150. The van der Waals surface area contributed by atoms with Crippen molar-refractivity contribution in [2.75, 3.05) is 21.3 Å². The third-order valence-corrected chi connectivity index (χ3v) is 4.26. The van der Waals surface area contributed by atoms with Crippen molar-refractivity contribution < 1.29 is 33.6 Å². The maximum absolute atomic E-state index is 12.3. The maximum atomic E-state index is 12.3. The van der Waals surface area contributed by atoms with E-state index in [1.54, 1.807) is 0 Å². The van der Waals surface area contributed by atoms with E-state index in [0.29, 0.717) is 0 Å². The molecule has 2 aromatic rings. The first-order chi connectivity index (χ1) is 14.8. The van der Waals surface area contributed by atoms with Crippen LogP contribution in [-0.2, 0) is 9.53 Å². The van der Waals surface area contributed by atoms with Crippen molar-refractivity contribution in [3.05, 3.63) is 67.4 Å². The second-order valence-corrected chi connectivity index (χ2v) is 6.00. The normalized spacial score (nSPS) is 14.1. The molecule has 0 spiro atoms. The van der Waals surface area contributed by atoms with E-state index >= 15 is 0 Å². The second-order valence-electron chi connectivity index (χ2n) is 6.00. The molecule has 31 heavy (non-hydrogen) atoms. The van der Waals surface area contributed by atoms with Gasteiger partial charge < -0.3 is 18.9 Å². The Kier molecular flexibility index (Phi) is 5.81. The van der Waals surface area contributed by atoms with Gasteiger partial charge in [-0.1, -0.05) is 0 Å². The Morgan fingerprint density at radius 1 is 0.903 bits per heavy atom. The molecule has 3 rings (SSSR count). The largest absolute Gasteiger partial charge is 0.493 e. The highest BCUT2D eigenvalue weighted by molar-refractivity contribution is 6.13. The molecule has 0 aliphatic carbocycles. The molecule has 12 nitrogen and oxygen atoms in total. The first-order valence-corrected chi connectivity index (χ1v) is 8.54. The number of hydrogen-bond acceptors (Lipinski definition) is 10. The van der Waals surface area contributed by atoms with E-state index in [2.05, 4.69) is 4.99 Å². The summed E-state index contributed by atoms with van der Waals surface area (Å²) < 4.78 is 20.2. The molecule has 160 valence electrons. The molecule has 0 atom stereocenters. The number of benzene rings is 2. The van der Waals surface area contributed by atoms with E-state index < -0.39 is 15.8 Å². The fourth-order valence-corrected chi connectivity index (χ4v) is 2.80. The summed E-state index contributed by atoms with van der Waals surface area (Å²) in [6, 6.07) is 6.39. The van der Waals surface area contributed by atoms with Gasteiger partial charge >= 0.3 is 11.7 Å². The van der Waals surface area contributed by atoms with E-state index in [9.17, 15) is 25.0 Å². The van der Waals surface area contributed by atoms with Crippen LogP contribution >= 0.6 is 0 Å². The Labute approximate surface area is 174 Å². The lowest BCUT2D eigenvalue weighted by molar-refractivity contribution is -0.385. The Hall–Kier alpha value is -4.48. The lowest BCUT2D eigenvalue weighted by Crippen LogP contribution is -2.06. The standard InChI is InChI=1S/C19H15N3O9/c1-28-15-5-4-10(7-14(15)22(26)27)18-20-12(19(23)31-18)6-11-8-16(29-2)17(30-3)9-13(11)21(24)25/h4-9H,1-3H3/b12-6+. The van der Waals surface area contributed by atoms with Gasteiger partial charge in [-0.05, 0) is 24.3 Å². The summed E-state index contributed by atoms with van der Waals surface area (Å²) in [5.74, 6) is -0.695. The third-order valence-electron chi connectivity index (χ3n) is 4.26. The number of ether oxygens (including phenoxy) is 4. The summed E-state index contributed by atoms with van der Waals surface area (Å²) in [4.78, 5) is 37.7. The van der Waals surface area contributed by atoms with E-state index in [1.807, 2.05) is 0 Å². The molecule has 0 N–H and O–H groups in total. The van der Waals surface area contributed by atoms with Crippen LogP contribution < -0.4 is 14.2 Å². The fraction of sp³-hybridized carbons (Fsp3) is 0.158. The topological polar surface area (TPSA) is 153 Å². The van der Waals surface area contributed by atoms with Crippen LogP contribution in [0.25, 0.3) is 6.08 Å². The van der Waals surface area contributed by atoms with Gasteiger partial charge in [0.2, 0.25) is 5.90 Å². The maximum Gasteiger partial charge on any atom is 0.363 e. The monoisotopic (exact) mass is 429 g/mol. The van der Waals surface area contributed by atoms with Crippen LogP contribution in [-0.4, -0.2) is 43.0 Å². The summed E-state index contributed by atoms with van der Waals surface area (Å²) in [5, 5.41) is 22.7. The van der Waals surface area contributed by atoms with Crippen LogP contribution in [0.3, 0.4) is 0 Å².